The largest absolute Gasteiger partial charge is 0.478 e. The van der Waals surface area contributed by atoms with E-state index in [1.165, 1.54) is 21.7 Å². The fourth-order valence-electron chi connectivity index (χ4n) is 4.58. The summed E-state index contributed by atoms with van der Waals surface area (Å²) in [5, 5.41) is 12.9. The Morgan fingerprint density at radius 3 is 2.60 bits per heavy atom. The highest BCUT2D eigenvalue weighted by molar-refractivity contribution is 7.98. The minimum Gasteiger partial charge on any atom is -0.478 e. The van der Waals surface area contributed by atoms with Crippen molar-refractivity contribution in [3.63, 3.8) is 0 Å². The van der Waals surface area contributed by atoms with Gasteiger partial charge in [-0.3, -0.25) is 0 Å². The second-order valence-corrected chi connectivity index (χ2v) is 8.97. The average Bonchev–Trinajstić information content (AvgIpc) is 3.28. The highest BCUT2D eigenvalue weighted by atomic mass is 32.2. The van der Waals surface area contributed by atoms with Gasteiger partial charge < -0.3 is 10.4 Å². The number of anilines is 1. The molecule has 3 nitrogen and oxygen atoms in total. The first kappa shape index (κ1) is 19.0. The van der Waals surface area contributed by atoms with E-state index in [0.29, 0.717) is 17.4 Å². The summed E-state index contributed by atoms with van der Waals surface area (Å²) in [6.07, 6.45) is 5.67. The Morgan fingerprint density at radius 1 is 1.03 bits per heavy atom. The number of aromatic carboxylic acids is 1. The van der Waals surface area contributed by atoms with Gasteiger partial charge in [-0.1, -0.05) is 54.6 Å². The van der Waals surface area contributed by atoms with Gasteiger partial charge in [-0.05, 0) is 59.4 Å². The van der Waals surface area contributed by atoms with Crippen LogP contribution in [0.15, 0.2) is 89.8 Å². The first-order valence-electron chi connectivity index (χ1n) is 10.3. The Kier molecular flexibility index (Phi) is 5.09. The van der Waals surface area contributed by atoms with Gasteiger partial charge in [0.25, 0.3) is 0 Å². The fraction of sp³-hybridized carbons (Fsp3) is 0.192. The van der Waals surface area contributed by atoms with Crippen LogP contribution in [0.25, 0.3) is 0 Å². The maximum atomic E-state index is 11.2. The van der Waals surface area contributed by atoms with Crippen LogP contribution in [0.3, 0.4) is 0 Å². The number of allylic oxidation sites excluding steroid dienone is 2. The second kappa shape index (κ2) is 8.04. The number of carboxylic acid groups (broad SMARTS) is 1. The SMILES string of the molecule is O=C(O)c1ccc(C2Nc3ccc(CSc4ccccc4)cc3C3C=CCC32)cc1. The summed E-state index contributed by atoms with van der Waals surface area (Å²) in [6, 6.07) is 24.8. The second-order valence-electron chi connectivity index (χ2n) is 7.93. The van der Waals surface area contributed by atoms with Crippen LogP contribution in [0, 0.1) is 5.92 Å². The van der Waals surface area contributed by atoms with Gasteiger partial charge in [0.15, 0.2) is 0 Å². The molecule has 150 valence electrons. The molecule has 3 aromatic rings. The summed E-state index contributed by atoms with van der Waals surface area (Å²) in [6.45, 7) is 0. The van der Waals surface area contributed by atoms with E-state index in [4.69, 9.17) is 0 Å². The molecule has 0 fully saturated rings. The molecule has 0 spiro atoms. The molecule has 5 rings (SSSR count). The van der Waals surface area contributed by atoms with Crippen molar-refractivity contribution in [1.82, 2.24) is 0 Å². The van der Waals surface area contributed by atoms with Crippen molar-refractivity contribution < 1.29 is 9.90 Å². The molecule has 3 atom stereocenters. The van der Waals surface area contributed by atoms with Gasteiger partial charge in [-0.25, -0.2) is 4.79 Å². The predicted octanol–water partition coefficient (Wildman–Crippen LogP) is 6.50. The monoisotopic (exact) mass is 413 g/mol. The minimum atomic E-state index is -0.884. The molecule has 0 aromatic heterocycles. The molecular weight excluding hydrogens is 390 g/mol. The van der Waals surface area contributed by atoms with Crippen LogP contribution in [0.5, 0.6) is 0 Å². The van der Waals surface area contributed by atoms with E-state index in [-0.39, 0.29) is 6.04 Å². The van der Waals surface area contributed by atoms with Crippen LogP contribution in [0.1, 0.15) is 45.4 Å². The zero-order valence-corrected chi connectivity index (χ0v) is 17.3. The average molecular weight is 414 g/mol. The van der Waals surface area contributed by atoms with E-state index < -0.39 is 5.97 Å². The molecule has 4 heteroatoms. The maximum absolute atomic E-state index is 11.2. The van der Waals surface area contributed by atoms with Crippen molar-refractivity contribution in [2.24, 2.45) is 5.92 Å². The normalized spacial score (nSPS) is 21.5. The van der Waals surface area contributed by atoms with Gasteiger partial charge in [0.05, 0.1) is 11.6 Å². The summed E-state index contributed by atoms with van der Waals surface area (Å²) in [5.74, 6) is 0.917. The summed E-state index contributed by atoms with van der Waals surface area (Å²) in [4.78, 5) is 12.5. The number of thioether (sulfide) groups is 1. The highest BCUT2D eigenvalue weighted by Crippen LogP contribution is 2.50. The van der Waals surface area contributed by atoms with Crippen LogP contribution in [0.4, 0.5) is 5.69 Å². The van der Waals surface area contributed by atoms with E-state index in [9.17, 15) is 9.90 Å². The highest BCUT2D eigenvalue weighted by Gasteiger charge is 2.37. The quantitative estimate of drug-likeness (QED) is 0.370. The third-order valence-corrected chi connectivity index (χ3v) is 7.18. The van der Waals surface area contributed by atoms with Crippen molar-refractivity contribution in [2.45, 2.75) is 29.0 Å². The Balaban J connectivity index is 1.40. The maximum Gasteiger partial charge on any atom is 0.335 e. The standard InChI is InChI=1S/C26H23NO2S/c28-26(29)19-12-10-18(11-13-19)25-22-8-4-7-21(22)23-15-17(9-14-24(23)27-25)16-30-20-5-2-1-3-6-20/h1-7,9-15,21-22,25,27H,8,16H2,(H,28,29). The first-order valence-corrected chi connectivity index (χ1v) is 11.2. The molecule has 1 aliphatic heterocycles. The molecule has 0 saturated heterocycles. The zero-order valence-electron chi connectivity index (χ0n) is 16.5. The van der Waals surface area contributed by atoms with Gasteiger partial charge >= 0.3 is 5.97 Å². The molecule has 2 aliphatic rings. The number of carbonyl (C=O) groups is 1. The summed E-state index contributed by atoms with van der Waals surface area (Å²) >= 11 is 1.86. The molecule has 0 amide bonds. The van der Waals surface area contributed by atoms with Crippen molar-refractivity contribution in [1.29, 1.82) is 0 Å². The van der Waals surface area contributed by atoms with Gasteiger partial charge in [0.1, 0.15) is 0 Å². The van der Waals surface area contributed by atoms with E-state index in [1.54, 1.807) is 12.1 Å². The fourth-order valence-corrected chi connectivity index (χ4v) is 5.44. The minimum absolute atomic E-state index is 0.185. The van der Waals surface area contributed by atoms with E-state index in [2.05, 4.69) is 59.9 Å². The zero-order chi connectivity index (χ0) is 20.5. The number of carboxylic acids is 1. The lowest BCUT2D eigenvalue weighted by atomic mass is 9.76. The lowest BCUT2D eigenvalue weighted by molar-refractivity contribution is 0.0697. The number of hydrogen-bond donors (Lipinski definition) is 2. The molecule has 2 N–H and O–H groups in total. The Morgan fingerprint density at radius 2 is 1.83 bits per heavy atom. The van der Waals surface area contributed by atoms with E-state index >= 15 is 0 Å². The third kappa shape index (κ3) is 3.63. The number of rotatable bonds is 5. The molecule has 0 bridgehead atoms. The van der Waals surface area contributed by atoms with Gasteiger partial charge in [-0.15, -0.1) is 11.8 Å². The van der Waals surface area contributed by atoms with E-state index in [1.807, 2.05) is 30.0 Å². The number of nitrogens with one attached hydrogen (secondary N) is 1. The molecular formula is C26H23NO2S. The Bertz CT molecular complexity index is 1090. The molecule has 3 aromatic carbocycles. The lowest BCUT2D eigenvalue weighted by Gasteiger charge is -2.37. The van der Waals surface area contributed by atoms with Crippen LogP contribution in [-0.2, 0) is 5.75 Å². The number of fused-ring (bicyclic) bond motifs is 3. The van der Waals surface area contributed by atoms with Crippen LogP contribution >= 0.6 is 11.8 Å². The van der Waals surface area contributed by atoms with Crippen molar-refractivity contribution >= 4 is 23.4 Å². The smallest absolute Gasteiger partial charge is 0.335 e. The van der Waals surface area contributed by atoms with Crippen molar-refractivity contribution in [3.05, 3.63) is 107 Å². The number of benzene rings is 3. The Labute approximate surface area is 180 Å². The molecule has 0 radical (unpaired) electrons. The Hall–Kier alpha value is -2.98. The molecule has 1 heterocycles. The summed E-state index contributed by atoms with van der Waals surface area (Å²) < 4.78 is 0. The van der Waals surface area contributed by atoms with Gasteiger partial charge in [0.2, 0.25) is 0 Å². The lowest BCUT2D eigenvalue weighted by Crippen LogP contribution is -2.29. The topological polar surface area (TPSA) is 49.3 Å². The third-order valence-electron chi connectivity index (χ3n) is 6.09. The molecule has 30 heavy (non-hydrogen) atoms. The van der Waals surface area contributed by atoms with Crippen molar-refractivity contribution in [3.8, 4) is 0 Å². The van der Waals surface area contributed by atoms with Gasteiger partial charge in [0, 0.05) is 22.3 Å². The molecule has 0 saturated carbocycles. The van der Waals surface area contributed by atoms with Crippen molar-refractivity contribution in [2.75, 3.05) is 5.32 Å². The van der Waals surface area contributed by atoms with Crippen LogP contribution < -0.4 is 5.32 Å². The molecule has 3 unspecified atom stereocenters. The predicted molar refractivity (Wildman–Crippen MR) is 122 cm³/mol. The van der Waals surface area contributed by atoms with Crippen LogP contribution in [-0.4, -0.2) is 11.1 Å². The first-order chi connectivity index (χ1) is 14.7. The van der Waals surface area contributed by atoms with Gasteiger partial charge in [-0.2, -0.15) is 0 Å². The van der Waals surface area contributed by atoms with Crippen LogP contribution in [0.2, 0.25) is 0 Å². The molecule has 1 aliphatic carbocycles. The number of hydrogen-bond acceptors (Lipinski definition) is 3. The summed E-state index contributed by atoms with van der Waals surface area (Å²) in [5.41, 5.74) is 5.37. The van der Waals surface area contributed by atoms with E-state index in [0.717, 1.165) is 17.7 Å². The summed E-state index contributed by atoms with van der Waals surface area (Å²) in [7, 11) is 0.